The minimum absolute atomic E-state index is 0.0460. The zero-order chi connectivity index (χ0) is 12.5. The van der Waals surface area contributed by atoms with Crippen LogP contribution in [0.25, 0.3) is 0 Å². The van der Waals surface area contributed by atoms with Gasteiger partial charge in [0.25, 0.3) is 0 Å². The molecular weight excluding hydrogens is 222 g/mol. The Hall–Kier alpha value is -1.14. The summed E-state index contributed by atoms with van der Waals surface area (Å²) in [6, 6.07) is 0. The highest BCUT2D eigenvalue weighted by Crippen LogP contribution is 2.58. The van der Waals surface area contributed by atoms with Crippen molar-refractivity contribution in [2.24, 2.45) is 17.1 Å². The van der Waals surface area contributed by atoms with Crippen LogP contribution in [0.5, 0.6) is 0 Å². The molecule has 2 fully saturated rings. The Morgan fingerprint density at radius 3 is 2.71 bits per heavy atom. The minimum atomic E-state index is -1.29. The smallest absolute Gasteiger partial charge is 0.248 e. The first kappa shape index (κ1) is 12.3. The number of carbonyl (C=O) groups is 2. The summed E-state index contributed by atoms with van der Waals surface area (Å²) in [6.45, 7) is 1.85. The number of aliphatic hydroxyl groups is 1. The number of primary amides is 1. The Labute approximate surface area is 99.9 Å². The zero-order valence-corrected chi connectivity index (χ0v) is 9.74. The highest BCUT2D eigenvalue weighted by molar-refractivity contribution is 5.84. The third-order valence-corrected chi connectivity index (χ3v) is 3.90. The van der Waals surface area contributed by atoms with Gasteiger partial charge in [-0.25, -0.2) is 0 Å². The van der Waals surface area contributed by atoms with Crippen LogP contribution in [0.3, 0.4) is 0 Å². The lowest BCUT2D eigenvalue weighted by atomic mass is 9.92. The summed E-state index contributed by atoms with van der Waals surface area (Å²) in [6.07, 6.45) is 1.70. The fourth-order valence-corrected chi connectivity index (χ4v) is 2.62. The predicted octanol–water partition coefficient (Wildman–Crippen LogP) is -1.66. The van der Waals surface area contributed by atoms with E-state index >= 15 is 0 Å². The van der Waals surface area contributed by atoms with Crippen LogP contribution in [0.4, 0.5) is 0 Å². The van der Waals surface area contributed by atoms with Crippen molar-refractivity contribution < 1.29 is 14.7 Å². The van der Waals surface area contributed by atoms with Crippen LogP contribution in [0, 0.1) is 11.3 Å². The van der Waals surface area contributed by atoms with Crippen molar-refractivity contribution in [1.82, 2.24) is 10.6 Å². The van der Waals surface area contributed by atoms with Gasteiger partial charge in [0.1, 0.15) is 6.10 Å². The van der Waals surface area contributed by atoms with E-state index < -0.39 is 12.0 Å². The zero-order valence-electron chi connectivity index (χ0n) is 9.74. The first-order valence-corrected chi connectivity index (χ1v) is 6.01. The lowest BCUT2D eigenvalue weighted by Crippen LogP contribution is -2.41. The van der Waals surface area contributed by atoms with Gasteiger partial charge in [0.05, 0.1) is 6.54 Å². The van der Waals surface area contributed by atoms with Gasteiger partial charge in [-0.2, -0.15) is 0 Å². The molecule has 1 aliphatic carbocycles. The van der Waals surface area contributed by atoms with Crippen LogP contribution >= 0.6 is 0 Å². The molecule has 96 valence electrons. The van der Waals surface area contributed by atoms with Crippen LogP contribution in [0.15, 0.2) is 0 Å². The number of hydrogen-bond acceptors (Lipinski definition) is 4. The summed E-state index contributed by atoms with van der Waals surface area (Å²) < 4.78 is 0. The Bertz CT molecular complexity index is 326. The molecule has 2 amide bonds. The van der Waals surface area contributed by atoms with Crippen LogP contribution in [-0.2, 0) is 9.59 Å². The molecule has 2 rings (SSSR count). The van der Waals surface area contributed by atoms with Gasteiger partial charge in [0, 0.05) is 5.92 Å². The predicted molar refractivity (Wildman–Crippen MR) is 60.9 cm³/mol. The molecular formula is C11H19N3O3. The van der Waals surface area contributed by atoms with Crippen molar-refractivity contribution >= 4 is 11.8 Å². The maximum absolute atomic E-state index is 11.8. The van der Waals surface area contributed by atoms with Crippen molar-refractivity contribution in [2.45, 2.75) is 25.4 Å². The van der Waals surface area contributed by atoms with Crippen molar-refractivity contribution in [3.63, 3.8) is 0 Å². The van der Waals surface area contributed by atoms with Gasteiger partial charge in [0.15, 0.2) is 0 Å². The number of rotatable bonds is 4. The average Bonchev–Trinajstić information content (AvgIpc) is 3.00. The first-order valence-electron chi connectivity index (χ1n) is 6.01. The van der Waals surface area contributed by atoms with E-state index in [0.717, 1.165) is 32.4 Å². The number of amides is 2. The second kappa shape index (κ2) is 4.62. The topological polar surface area (TPSA) is 104 Å². The summed E-state index contributed by atoms with van der Waals surface area (Å²) in [5.74, 6) is -0.824. The Morgan fingerprint density at radius 2 is 2.12 bits per heavy atom. The third-order valence-electron chi connectivity index (χ3n) is 3.90. The van der Waals surface area contributed by atoms with Crippen LogP contribution in [0.1, 0.15) is 19.3 Å². The molecule has 2 atom stereocenters. The molecule has 1 saturated heterocycles. The molecule has 2 unspecified atom stereocenters. The highest BCUT2D eigenvalue weighted by atomic mass is 16.3. The molecule has 0 aromatic heterocycles. The molecule has 17 heavy (non-hydrogen) atoms. The van der Waals surface area contributed by atoms with Crippen molar-refractivity contribution in [3.8, 4) is 0 Å². The molecule has 2 aliphatic rings. The Balaban J connectivity index is 1.77. The second-order valence-electron chi connectivity index (χ2n) is 5.03. The number of hydrogen-bond donors (Lipinski definition) is 4. The van der Waals surface area contributed by atoms with E-state index in [2.05, 4.69) is 10.6 Å². The van der Waals surface area contributed by atoms with Gasteiger partial charge in [-0.05, 0) is 37.8 Å². The Kier molecular flexibility index (Phi) is 3.35. The molecule has 6 nitrogen and oxygen atoms in total. The maximum Gasteiger partial charge on any atom is 0.248 e. The van der Waals surface area contributed by atoms with Crippen LogP contribution in [-0.4, -0.2) is 42.7 Å². The SMILES string of the molecule is NC(=O)C(O)CNC(=O)C1CC12CCNCC2. The third kappa shape index (κ3) is 2.58. The van der Waals surface area contributed by atoms with E-state index in [9.17, 15) is 14.7 Å². The van der Waals surface area contributed by atoms with Crippen LogP contribution < -0.4 is 16.4 Å². The second-order valence-corrected chi connectivity index (χ2v) is 5.03. The number of piperidine rings is 1. The summed E-state index contributed by atoms with van der Waals surface area (Å²) in [4.78, 5) is 22.4. The van der Waals surface area contributed by atoms with E-state index in [1.807, 2.05) is 0 Å². The van der Waals surface area contributed by atoms with E-state index in [-0.39, 0.29) is 23.8 Å². The molecule has 5 N–H and O–H groups in total. The fourth-order valence-electron chi connectivity index (χ4n) is 2.62. The average molecular weight is 241 g/mol. The van der Waals surface area contributed by atoms with E-state index in [1.54, 1.807) is 0 Å². The number of nitrogens with two attached hydrogens (primary N) is 1. The summed E-state index contributed by atoms with van der Waals surface area (Å²) in [7, 11) is 0. The highest BCUT2D eigenvalue weighted by Gasteiger charge is 2.57. The van der Waals surface area contributed by atoms with E-state index in [1.165, 1.54) is 0 Å². The lowest BCUT2D eigenvalue weighted by molar-refractivity contribution is -0.127. The summed E-state index contributed by atoms with van der Waals surface area (Å²) in [5, 5.41) is 15.0. The van der Waals surface area contributed by atoms with Crippen molar-refractivity contribution in [2.75, 3.05) is 19.6 Å². The quantitative estimate of drug-likeness (QED) is 0.473. The molecule has 1 aliphatic heterocycles. The monoisotopic (exact) mass is 241 g/mol. The van der Waals surface area contributed by atoms with Gasteiger partial charge in [-0.3, -0.25) is 9.59 Å². The first-order chi connectivity index (χ1) is 8.05. The van der Waals surface area contributed by atoms with Crippen molar-refractivity contribution in [3.05, 3.63) is 0 Å². The van der Waals surface area contributed by atoms with Gasteiger partial charge in [-0.1, -0.05) is 0 Å². The molecule has 0 aromatic carbocycles. The summed E-state index contributed by atoms with van der Waals surface area (Å²) in [5.41, 5.74) is 5.08. The number of carbonyl (C=O) groups excluding carboxylic acids is 2. The van der Waals surface area contributed by atoms with E-state index in [4.69, 9.17) is 5.73 Å². The van der Waals surface area contributed by atoms with E-state index in [0.29, 0.717) is 0 Å². The van der Waals surface area contributed by atoms with Gasteiger partial charge < -0.3 is 21.5 Å². The molecule has 1 saturated carbocycles. The molecule has 1 spiro atoms. The molecule has 0 radical (unpaired) electrons. The normalized spacial score (nSPS) is 27.5. The largest absolute Gasteiger partial charge is 0.381 e. The number of aliphatic hydroxyl groups excluding tert-OH is 1. The molecule has 6 heteroatoms. The lowest BCUT2D eigenvalue weighted by Gasteiger charge is -2.23. The molecule has 0 aromatic rings. The van der Waals surface area contributed by atoms with Crippen LogP contribution in [0.2, 0.25) is 0 Å². The van der Waals surface area contributed by atoms with Gasteiger partial charge in [0.2, 0.25) is 11.8 Å². The maximum atomic E-state index is 11.8. The standard InChI is InChI=1S/C11H19N3O3/c12-9(16)8(15)6-14-10(17)7-5-11(7)1-3-13-4-2-11/h7-8,13,15H,1-6H2,(H2,12,16)(H,14,17). The van der Waals surface area contributed by atoms with Gasteiger partial charge >= 0.3 is 0 Å². The van der Waals surface area contributed by atoms with Gasteiger partial charge in [-0.15, -0.1) is 0 Å². The minimum Gasteiger partial charge on any atom is -0.381 e. The molecule has 0 bridgehead atoms. The van der Waals surface area contributed by atoms with Crippen molar-refractivity contribution in [1.29, 1.82) is 0 Å². The summed E-state index contributed by atoms with van der Waals surface area (Å²) >= 11 is 0. The number of nitrogens with one attached hydrogen (secondary N) is 2. The fraction of sp³-hybridized carbons (Fsp3) is 0.818. The molecule has 1 heterocycles. The Morgan fingerprint density at radius 1 is 1.47 bits per heavy atom.